The van der Waals surface area contributed by atoms with Crippen molar-refractivity contribution >= 4 is 6.08 Å². The zero-order valence-electron chi connectivity index (χ0n) is 8.55. The Morgan fingerprint density at radius 1 is 1.20 bits per heavy atom. The van der Waals surface area contributed by atoms with Crippen LogP contribution < -0.4 is 0 Å². The van der Waals surface area contributed by atoms with Gasteiger partial charge in [0.25, 0.3) is 0 Å². The molecule has 0 bridgehead atoms. The van der Waals surface area contributed by atoms with Crippen molar-refractivity contribution in [3.63, 3.8) is 0 Å². The lowest BCUT2D eigenvalue weighted by Crippen LogP contribution is -1.80. The van der Waals surface area contributed by atoms with E-state index in [-0.39, 0.29) is 0 Å². The Hall–Kier alpha value is -1.90. The van der Waals surface area contributed by atoms with E-state index >= 15 is 0 Å². The summed E-state index contributed by atoms with van der Waals surface area (Å²) < 4.78 is 5.25. The molecular formula is C12H12N2O. The quantitative estimate of drug-likeness (QED) is 0.764. The van der Waals surface area contributed by atoms with Gasteiger partial charge in [0.15, 0.2) is 0 Å². The Morgan fingerprint density at radius 2 is 2.00 bits per heavy atom. The maximum atomic E-state index is 5.25. The van der Waals surface area contributed by atoms with E-state index in [1.165, 1.54) is 5.56 Å². The molecule has 0 saturated carbocycles. The third-order valence-electron chi connectivity index (χ3n) is 1.97. The molecule has 76 valence electrons. The summed E-state index contributed by atoms with van der Waals surface area (Å²) in [5.74, 6) is 1.26. The van der Waals surface area contributed by atoms with E-state index in [4.69, 9.17) is 4.42 Å². The van der Waals surface area contributed by atoms with E-state index in [0.717, 1.165) is 0 Å². The van der Waals surface area contributed by atoms with Gasteiger partial charge in [-0.25, -0.2) is 0 Å². The maximum absolute atomic E-state index is 5.25. The van der Waals surface area contributed by atoms with Crippen LogP contribution in [-0.4, -0.2) is 10.2 Å². The SMILES string of the molecule is Cc1nnc(CC=Cc2ccccc2)o1. The lowest BCUT2D eigenvalue weighted by Gasteiger charge is -1.90. The van der Waals surface area contributed by atoms with Gasteiger partial charge in [-0.15, -0.1) is 10.2 Å². The van der Waals surface area contributed by atoms with Gasteiger partial charge in [0, 0.05) is 13.3 Å². The Balaban J connectivity index is 1.96. The summed E-state index contributed by atoms with van der Waals surface area (Å²) in [7, 11) is 0. The van der Waals surface area contributed by atoms with Gasteiger partial charge in [0.05, 0.1) is 0 Å². The molecule has 1 aromatic carbocycles. The van der Waals surface area contributed by atoms with E-state index in [1.54, 1.807) is 6.92 Å². The number of aryl methyl sites for hydroxylation is 1. The molecule has 0 fully saturated rings. The zero-order valence-corrected chi connectivity index (χ0v) is 8.55. The van der Waals surface area contributed by atoms with Gasteiger partial charge < -0.3 is 4.42 Å². The highest BCUT2D eigenvalue weighted by Gasteiger charge is 1.97. The molecule has 0 radical (unpaired) electrons. The summed E-state index contributed by atoms with van der Waals surface area (Å²) in [6.45, 7) is 1.79. The Morgan fingerprint density at radius 3 is 2.67 bits per heavy atom. The van der Waals surface area contributed by atoms with Crippen molar-refractivity contribution in [3.8, 4) is 0 Å². The van der Waals surface area contributed by atoms with Crippen LogP contribution in [0.2, 0.25) is 0 Å². The molecule has 0 atom stereocenters. The van der Waals surface area contributed by atoms with Crippen molar-refractivity contribution in [1.82, 2.24) is 10.2 Å². The van der Waals surface area contributed by atoms with E-state index in [9.17, 15) is 0 Å². The normalized spacial score (nSPS) is 11.0. The molecule has 0 aliphatic heterocycles. The fraction of sp³-hybridized carbons (Fsp3) is 0.167. The van der Waals surface area contributed by atoms with E-state index < -0.39 is 0 Å². The minimum atomic E-state index is 0.609. The highest BCUT2D eigenvalue weighted by molar-refractivity contribution is 5.48. The van der Waals surface area contributed by atoms with Gasteiger partial charge >= 0.3 is 0 Å². The summed E-state index contributed by atoms with van der Waals surface area (Å²) in [5.41, 5.74) is 1.17. The topological polar surface area (TPSA) is 38.9 Å². The summed E-state index contributed by atoms with van der Waals surface area (Å²) in [4.78, 5) is 0. The number of hydrogen-bond acceptors (Lipinski definition) is 3. The van der Waals surface area contributed by atoms with Crippen LogP contribution in [0.4, 0.5) is 0 Å². The van der Waals surface area contributed by atoms with Crippen molar-refractivity contribution in [2.24, 2.45) is 0 Å². The minimum Gasteiger partial charge on any atom is -0.425 e. The monoisotopic (exact) mass is 200 g/mol. The zero-order chi connectivity index (χ0) is 10.5. The largest absolute Gasteiger partial charge is 0.425 e. The molecule has 3 heteroatoms. The van der Waals surface area contributed by atoms with Gasteiger partial charge in [0.1, 0.15) is 0 Å². The lowest BCUT2D eigenvalue weighted by atomic mass is 10.2. The van der Waals surface area contributed by atoms with Crippen LogP contribution in [0, 0.1) is 6.92 Å². The molecule has 3 nitrogen and oxygen atoms in total. The molecule has 0 aliphatic rings. The van der Waals surface area contributed by atoms with Crippen molar-refractivity contribution in [1.29, 1.82) is 0 Å². The van der Waals surface area contributed by atoms with Crippen molar-refractivity contribution in [2.45, 2.75) is 13.3 Å². The van der Waals surface area contributed by atoms with Gasteiger partial charge in [-0.05, 0) is 5.56 Å². The summed E-state index contributed by atoms with van der Waals surface area (Å²) in [6, 6.07) is 10.1. The molecule has 2 rings (SSSR count). The molecule has 0 saturated heterocycles. The van der Waals surface area contributed by atoms with Crippen molar-refractivity contribution in [3.05, 3.63) is 53.8 Å². The maximum Gasteiger partial charge on any atom is 0.220 e. The first kappa shape index (κ1) is 9.65. The first-order valence-corrected chi connectivity index (χ1v) is 4.85. The molecule has 0 amide bonds. The molecule has 0 unspecified atom stereocenters. The molecule has 0 aliphatic carbocycles. The molecule has 0 N–H and O–H groups in total. The number of hydrogen-bond donors (Lipinski definition) is 0. The number of nitrogens with zero attached hydrogens (tertiary/aromatic N) is 2. The highest BCUT2D eigenvalue weighted by Crippen LogP contribution is 2.04. The predicted molar refractivity (Wildman–Crippen MR) is 58.2 cm³/mol. The lowest BCUT2D eigenvalue weighted by molar-refractivity contribution is 0.479. The average Bonchev–Trinajstić information content (AvgIpc) is 2.66. The van der Waals surface area contributed by atoms with E-state index in [2.05, 4.69) is 22.3 Å². The number of aromatic nitrogens is 2. The summed E-state index contributed by atoms with van der Waals surface area (Å²) in [6.07, 6.45) is 4.73. The fourth-order valence-corrected chi connectivity index (χ4v) is 1.28. The average molecular weight is 200 g/mol. The predicted octanol–water partition coefficient (Wildman–Crippen LogP) is 2.63. The smallest absolute Gasteiger partial charge is 0.220 e. The first-order valence-electron chi connectivity index (χ1n) is 4.85. The molecule has 2 aromatic rings. The standard InChI is InChI=1S/C12H12N2O/c1-10-13-14-12(15-10)9-5-8-11-6-3-2-4-7-11/h2-8H,9H2,1H3. The second-order valence-corrected chi connectivity index (χ2v) is 3.23. The van der Waals surface area contributed by atoms with Crippen LogP contribution >= 0.6 is 0 Å². The second kappa shape index (κ2) is 4.55. The number of rotatable bonds is 3. The van der Waals surface area contributed by atoms with E-state index in [1.807, 2.05) is 30.4 Å². The van der Waals surface area contributed by atoms with Gasteiger partial charge in [0.2, 0.25) is 11.8 Å². The molecule has 15 heavy (non-hydrogen) atoms. The summed E-state index contributed by atoms with van der Waals surface area (Å²) in [5, 5.41) is 7.67. The Bertz CT molecular complexity index is 446. The molecular weight excluding hydrogens is 188 g/mol. The van der Waals surface area contributed by atoms with Crippen molar-refractivity contribution < 1.29 is 4.42 Å². The molecule has 0 spiro atoms. The molecule has 1 heterocycles. The van der Waals surface area contributed by atoms with E-state index in [0.29, 0.717) is 18.2 Å². The van der Waals surface area contributed by atoms with Crippen LogP contribution in [0.3, 0.4) is 0 Å². The van der Waals surface area contributed by atoms with Crippen LogP contribution in [0.25, 0.3) is 6.08 Å². The van der Waals surface area contributed by atoms with Gasteiger partial charge in [-0.3, -0.25) is 0 Å². The van der Waals surface area contributed by atoms with Crippen LogP contribution in [0.1, 0.15) is 17.3 Å². The van der Waals surface area contributed by atoms with Gasteiger partial charge in [-0.2, -0.15) is 0 Å². The van der Waals surface area contributed by atoms with Gasteiger partial charge in [-0.1, -0.05) is 42.5 Å². The third kappa shape index (κ3) is 2.77. The third-order valence-corrected chi connectivity index (χ3v) is 1.97. The van der Waals surface area contributed by atoms with Crippen LogP contribution in [-0.2, 0) is 6.42 Å². The summed E-state index contributed by atoms with van der Waals surface area (Å²) >= 11 is 0. The Labute approximate surface area is 88.5 Å². The van der Waals surface area contributed by atoms with Crippen LogP contribution in [0.5, 0.6) is 0 Å². The highest BCUT2D eigenvalue weighted by atomic mass is 16.4. The fourth-order valence-electron chi connectivity index (χ4n) is 1.28. The number of allylic oxidation sites excluding steroid dienone is 1. The second-order valence-electron chi connectivity index (χ2n) is 3.23. The molecule has 1 aromatic heterocycles. The minimum absolute atomic E-state index is 0.609. The van der Waals surface area contributed by atoms with Crippen molar-refractivity contribution in [2.75, 3.05) is 0 Å². The van der Waals surface area contributed by atoms with Crippen LogP contribution in [0.15, 0.2) is 40.8 Å². The number of benzene rings is 1. The Kier molecular flexibility index (Phi) is 2.93. The first-order chi connectivity index (χ1) is 7.34.